The smallest absolute Gasteiger partial charge is 0.231 e. The maximum atomic E-state index is 12.7. The van der Waals surface area contributed by atoms with E-state index >= 15 is 0 Å². The van der Waals surface area contributed by atoms with Gasteiger partial charge < -0.3 is 20.1 Å². The Morgan fingerprint density at radius 1 is 1.19 bits per heavy atom. The van der Waals surface area contributed by atoms with Crippen molar-refractivity contribution in [3.8, 4) is 11.5 Å². The molecule has 0 unspecified atom stereocenters. The highest BCUT2D eigenvalue weighted by atomic mass is 32.2. The third-order valence-electron chi connectivity index (χ3n) is 4.91. The summed E-state index contributed by atoms with van der Waals surface area (Å²) in [5, 5.41) is 5.60. The van der Waals surface area contributed by atoms with Gasteiger partial charge >= 0.3 is 0 Å². The molecule has 2 aromatic rings. The van der Waals surface area contributed by atoms with Crippen LogP contribution in [-0.4, -0.2) is 38.0 Å². The number of benzene rings is 2. The van der Waals surface area contributed by atoms with E-state index in [0.717, 1.165) is 10.5 Å². The van der Waals surface area contributed by atoms with E-state index in [0.29, 0.717) is 23.6 Å². The van der Waals surface area contributed by atoms with Crippen LogP contribution in [0.15, 0.2) is 46.2 Å². The van der Waals surface area contributed by atoms with Gasteiger partial charge in [-0.15, -0.1) is 11.8 Å². The van der Waals surface area contributed by atoms with Crippen molar-refractivity contribution < 1.29 is 27.5 Å². The normalized spacial score (nSPS) is 17.5. The van der Waals surface area contributed by atoms with Crippen molar-refractivity contribution in [3.05, 3.63) is 42.0 Å². The third kappa shape index (κ3) is 5.13. The van der Waals surface area contributed by atoms with Crippen LogP contribution in [0, 0.1) is 0 Å². The summed E-state index contributed by atoms with van der Waals surface area (Å²) in [5.41, 5.74) is 1.32. The molecule has 1 atom stereocenters. The molecular formula is C21H22N2O6S2. The summed E-state index contributed by atoms with van der Waals surface area (Å²) in [4.78, 5) is 25.1. The summed E-state index contributed by atoms with van der Waals surface area (Å²) >= 11 is 1.53. The van der Waals surface area contributed by atoms with Crippen LogP contribution in [-0.2, 0) is 26.0 Å². The lowest BCUT2D eigenvalue weighted by Crippen LogP contribution is -2.25. The van der Waals surface area contributed by atoms with Crippen LogP contribution in [0.2, 0.25) is 0 Å². The Labute approximate surface area is 184 Å². The number of thioether (sulfide) groups is 1. The molecule has 2 aliphatic heterocycles. The maximum Gasteiger partial charge on any atom is 0.231 e. The van der Waals surface area contributed by atoms with Crippen molar-refractivity contribution in [3.63, 3.8) is 0 Å². The van der Waals surface area contributed by atoms with Gasteiger partial charge in [0.05, 0.1) is 16.3 Å². The number of anilines is 1. The fourth-order valence-corrected chi connectivity index (χ4v) is 5.62. The van der Waals surface area contributed by atoms with Gasteiger partial charge in [-0.3, -0.25) is 9.59 Å². The largest absolute Gasteiger partial charge is 0.454 e. The first-order valence-corrected chi connectivity index (χ1v) is 12.3. The molecule has 164 valence electrons. The van der Waals surface area contributed by atoms with Crippen LogP contribution in [0.1, 0.15) is 25.3 Å². The summed E-state index contributed by atoms with van der Waals surface area (Å²) in [6.45, 7) is 2.38. The second-order valence-electron chi connectivity index (χ2n) is 7.37. The number of ether oxygens (including phenoxy) is 2. The summed E-state index contributed by atoms with van der Waals surface area (Å²) < 4.78 is 36.0. The zero-order chi connectivity index (χ0) is 22.0. The monoisotopic (exact) mass is 462 g/mol. The van der Waals surface area contributed by atoms with Gasteiger partial charge in [0.1, 0.15) is 0 Å². The molecule has 0 spiro atoms. The molecule has 2 aliphatic rings. The Morgan fingerprint density at radius 3 is 2.84 bits per heavy atom. The molecule has 2 N–H and O–H groups in total. The highest BCUT2D eigenvalue weighted by Gasteiger charge is 2.23. The number of rotatable bonds is 6. The maximum absolute atomic E-state index is 12.7. The quantitative estimate of drug-likeness (QED) is 0.679. The molecule has 0 radical (unpaired) electrons. The van der Waals surface area contributed by atoms with Gasteiger partial charge in [-0.25, -0.2) is 8.42 Å². The number of hydrogen-bond donors (Lipinski definition) is 2. The predicted molar refractivity (Wildman–Crippen MR) is 116 cm³/mol. The molecule has 8 nitrogen and oxygen atoms in total. The molecule has 0 saturated heterocycles. The molecule has 0 bridgehead atoms. The first-order chi connectivity index (χ1) is 14.8. The van der Waals surface area contributed by atoms with Crippen molar-refractivity contribution in [1.82, 2.24) is 5.32 Å². The Balaban J connectivity index is 1.35. The van der Waals surface area contributed by atoms with E-state index in [1.807, 2.05) is 13.0 Å². The molecule has 0 aliphatic carbocycles. The van der Waals surface area contributed by atoms with Crippen LogP contribution >= 0.6 is 11.8 Å². The summed E-state index contributed by atoms with van der Waals surface area (Å²) in [5.74, 6) is 0.448. The molecular weight excluding hydrogens is 440 g/mol. The van der Waals surface area contributed by atoms with Crippen LogP contribution in [0.3, 0.4) is 0 Å². The first kappa shape index (κ1) is 21.5. The van der Waals surface area contributed by atoms with Crippen molar-refractivity contribution in [2.24, 2.45) is 0 Å². The molecule has 0 fully saturated rings. The van der Waals surface area contributed by atoms with Gasteiger partial charge in [0.2, 0.25) is 18.6 Å². The predicted octanol–water partition coefficient (Wildman–Crippen LogP) is 2.72. The van der Waals surface area contributed by atoms with Crippen LogP contribution in [0.25, 0.3) is 0 Å². The average Bonchev–Trinajstić information content (AvgIpc) is 3.13. The Bertz CT molecular complexity index is 1130. The van der Waals surface area contributed by atoms with Gasteiger partial charge in [0.15, 0.2) is 21.3 Å². The summed E-state index contributed by atoms with van der Waals surface area (Å²) in [6.07, 6.45) is 0.201. The number of amides is 2. The van der Waals surface area contributed by atoms with Gasteiger partial charge in [0, 0.05) is 29.5 Å². The lowest BCUT2D eigenvalue weighted by Gasteiger charge is -2.11. The number of fused-ring (bicyclic) bond motifs is 2. The van der Waals surface area contributed by atoms with E-state index < -0.39 is 9.84 Å². The first-order valence-electron chi connectivity index (χ1n) is 9.79. The minimum atomic E-state index is -3.68. The molecule has 2 heterocycles. The standard InChI is InChI=1S/C21H22N2O6S2/c1-13-8-21(25)23-16-10-15(3-5-19(16)30-13)31(26,27)7-6-20(24)22-11-14-2-4-17-18(9-14)29-12-28-17/h2-5,9-10,13H,6-8,11-12H2,1H3,(H,22,24)(H,23,25)/t13-/m1/s1. The molecule has 0 saturated carbocycles. The summed E-state index contributed by atoms with van der Waals surface area (Å²) in [7, 11) is -3.68. The number of hydrogen-bond acceptors (Lipinski definition) is 7. The molecule has 2 amide bonds. The van der Waals surface area contributed by atoms with Crippen molar-refractivity contribution in [2.75, 3.05) is 17.9 Å². The van der Waals surface area contributed by atoms with Crippen LogP contribution < -0.4 is 20.1 Å². The highest BCUT2D eigenvalue weighted by molar-refractivity contribution is 8.00. The summed E-state index contributed by atoms with van der Waals surface area (Å²) in [6, 6.07) is 10.1. The van der Waals surface area contributed by atoms with E-state index in [1.54, 1.807) is 18.2 Å². The van der Waals surface area contributed by atoms with E-state index in [2.05, 4.69) is 10.6 Å². The van der Waals surface area contributed by atoms with Gasteiger partial charge in [-0.05, 0) is 35.9 Å². The van der Waals surface area contributed by atoms with Crippen LogP contribution in [0.4, 0.5) is 5.69 Å². The molecule has 0 aromatic heterocycles. The Hall–Kier alpha value is -2.72. The molecule has 31 heavy (non-hydrogen) atoms. The van der Waals surface area contributed by atoms with Crippen molar-refractivity contribution >= 4 is 39.1 Å². The number of carbonyl (C=O) groups is 2. The minimum absolute atomic E-state index is 0.0882. The second kappa shape index (κ2) is 8.80. The van der Waals surface area contributed by atoms with E-state index in [4.69, 9.17) is 9.47 Å². The van der Waals surface area contributed by atoms with E-state index in [9.17, 15) is 18.0 Å². The fraction of sp³-hybridized carbons (Fsp3) is 0.333. The van der Waals surface area contributed by atoms with E-state index in [1.165, 1.54) is 23.9 Å². The number of nitrogens with one attached hydrogen (secondary N) is 2. The highest BCUT2D eigenvalue weighted by Crippen LogP contribution is 2.36. The van der Waals surface area contributed by atoms with Gasteiger partial charge in [-0.2, -0.15) is 0 Å². The topological polar surface area (TPSA) is 111 Å². The zero-order valence-corrected chi connectivity index (χ0v) is 18.5. The lowest BCUT2D eigenvalue weighted by molar-refractivity contribution is -0.121. The van der Waals surface area contributed by atoms with Crippen LogP contribution in [0.5, 0.6) is 11.5 Å². The molecule has 4 rings (SSSR count). The number of sulfone groups is 1. The number of carbonyl (C=O) groups excluding carboxylic acids is 2. The average molecular weight is 463 g/mol. The third-order valence-corrected chi connectivity index (χ3v) is 7.80. The second-order valence-corrected chi connectivity index (χ2v) is 11.0. The van der Waals surface area contributed by atoms with E-state index in [-0.39, 0.29) is 47.5 Å². The lowest BCUT2D eigenvalue weighted by atomic mass is 10.2. The van der Waals surface area contributed by atoms with Gasteiger partial charge in [-0.1, -0.05) is 13.0 Å². The Kier molecular flexibility index (Phi) is 6.10. The van der Waals surface area contributed by atoms with Crippen molar-refractivity contribution in [1.29, 1.82) is 0 Å². The molecule has 2 aromatic carbocycles. The minimum Gasteiger partial charge on any atom is -0.454 e. The fourth-order valence-electron chi connectivity index (χ4n) is 3.31. The SMILES string of the molecule is C[C@@H]1CC(=O)Nc2cc(S(=O)(=O)CCC(=O)NCc3ccc4c(c3)OCO4)ccc2S1. The van der Waals surface area contributed by atoms with Gasteiger partial charge in [0.25, 0.3) is 0 Å². The molecule has 10 heteroatoms. The zero-order valence-electron chi connectivity index (χ0n) is 16.8. The Morgan fingerprint density at radius 2 is 2.00 bits per heavy atom. The van der Waals surface area contributed by atoms with Crippen molar-refractivity contribution in [2.45, 2.75) is 41.4 Å².